The molecular weight excluding hydrogens is 414 g/mol. The van der Waals surface area contributed by atoms with Gasteiger partial charge >= 0.3 is 0 Å². The lowest BCUT2D eigenvalue weighted by Gasteiger charge is -2.34. The van der Waals surface area contributed by atoms with Crippen molar-refractivity contribution in [3.05, 3.63) is 29.3 Å². The maximum atomic E-state index is 13.7. The van der Waals surface area contributed by atoms with Gasteiger partial charge in [-0.3, -0.25) is 14.4 Å². The fourth-order valence-corrected chi connectivity index (χ4v) is 8.32. The molecule has 3 aliphatic rings. The quantitative estimate of drug-likeness (QED) is 0.621. The third-order valence-electron chi connectivity index (χ3n) is 7.34. The van der Waals surface area contributed by atoms with Gasteiger partial charge in [0.15, 0.2) is 0 Å². The first-order valence-electron chi connectivity index (χ1n) is 10.9. The van der Waals surface area contributed by atoms with Crippen LogP contribution in [-0.4, -0.2) is 63.5 Å². The Morgan fingerprint density at radius 2 is 1.90 bits per heavy atom. The average molecular weight is 446 g/mol. The second-order valence-electron chi connectivity index (χ2n) is 9.21. The summed E-state index contributed by atoms with van der Waals surface area (Å²) in [4.78, 5) is 41.8. The summed E-state index contributed by atoms with van der Waals surface area (Å²) in [7, 11) is 1.60. The van der Waals surface area contributed by atoms with Crippen molar-refractivity contribution in [2.75, 3.05) is 25.5 Å². The first kappa shape index (κ1) is 22.1. The molecule has 3 amide bonds. The Balaban J connectivity index is 1.75. The Morgan fingerprint density at radius 1 is 1.23 bits per heavy atom. The molecule has 4 rings (SSSR count). The minimum Gasteiger partial charge on any atom is -0.396 e. The van der Waals surface area contributed by atoms with Gasteiger partial charge in [-0.1, -0.05) is 18.2 Å². The first-order chi connectivity index (χ1) is 14.7. The molecule has 3 saturated heterocycles. The minimum absolute atomic E-state index is 0.0591. The lowest BCUT2D eigenvalue weighted by molar-refractivity contribution is -0.140. The SMILES string of the molecule is CNC(=O)[C@@H]1[C@H]2C(=O)N(CCCO)C(C(=O)Nc3c(C)cccc3C)C23CC[C@@]1(C)S3. The van der Waals surface area contributed by atoms with E-state index in [9.17, 15) is 19.5 Å². The highest BCUT2D eigenvalue weighted by atomic mass is 32.2. The molecule has 3 N–H and O–H groups in total. The lowest BCUT2D eigenvalue weighted by Crippen LogP contribution is -2.52. The normalized spacial score (nSPS) is 33.5. The van der Waals surface area contributed by atoms with E-state index in [1.807, 2.05) is 32.0 Å². The van der Waals surface area contributed by atoms with Crippen molar-refractivity contribution in [1.29, 1.82) is 0 Å². The number of carbonyl (C=O) groups is 3. The molecule has 3 aliphatic heterocycles. The molecule has 1 aromatic carbocycles. The maximum Gasteiger partial charge on any atom is 0.248 e. The highest BCUT2D eigenvalue weighted by molar-refractivity contribution is 8.02. The predicted molar refractivity (Wildman–Crippen MR) is 121 cm³/mol. The fraction of sp³-hybridized carbons (Fsp3) is 0.609. The van der Waals surface area contributed by atoms with Crippen molar-refractivity contribution < 1.29 is 19.5 Å². The molecule has 3 fully saturated rings. The van der Waals surface area contributed by atoms with E-state index in [2.05, 4.69) is 17.6 Å². The van der Waals surface area contributed by atoms with Gasteiger partial charge in [0.25, 0.3) is 0 Å². The van der Waals surface area contributed by atoms with Crippen molar-refractivity contribution in [2.45, 2.75) is 55.6 Å². The number of amides is 3. The van der Waals surface area contributed by atoms with Gasteiger partial charge in [0.1, 0.15) is 6.04 Å². The molecule has 7 nitrogen and oxygen atoms in total. The summed E-state index contributed by atoms with van der Waals surface area (Å²) in [5.41, 5.74) is 2.70. The molecule has 1 aromatic rings. The summed E-state index contributed by atoms with van der Waals surface area (Å²) in [5, 5.41) is 15.2. The number of likely N-dealkylation sites (tertiary alicyclic amines) is 1. The van der Waals surface area contributed by atoms with Crippen LogP contribution in [0.4, 0.5) is 5.69 Å². The van der Waals surface area contributed by atoms with Crippen molar-refractivity contribution in [3.8, 4) is 0 Å². The molecule has 8 heteroatoms. The second kappa shape index (κ2) is 7.81. The first-order valence-corrected chi connectivity index (χ1v) is 11.7. The largest absolute Gasteiger partial charge is 0.396 e. The van der Waals surface area contributed by atoms with Gasteiger partial charge in [-0.2, -0.15) is 0 Å². The van der Waals surface area contributed by atoms with Crippen LogP contribution >= 0.6 is 11.8 Å². The molecule has 168 valence electrons. The highest BCUT2D eigenvalue weighted by Gasteiger charge is 2.76. The molecular formula is C23H31N3O4S. The van der Waals surface area contributed by atoms with Gasteiger partial charge in [0.2, 0.25) is 17.7 Å². The number of hydrogen-bond acceptors (Lipinski definition) is 5. The number of fused-ring (bicyclic) bond motifs is 1. The molecule has 2 bridgehead atoms. The maximum absolute atomic E-state index is 13.7. The summed E-state index contributed by atoms with van der Waals surface area (Å²) in [6.45, 7) is 6.19. The number of anilines is 1. The Morgan fingerprint density at radius 3 is 2.52 bits per heavy atom. The molecule has 0 aliphatic carbocycles. The molecule has 0 aromatic heterocycles. The topological polar surface area (TPSA) is 98.7 Å². The van der Waals surface area contributed by atoms with Crippen molar-refractivity contribution >= 4 is 35.2 Å². The van der Waals surface area contributed by atoms with E-state index in [0.29, 0.717) is 13.0 Å². The van der Waals surface area contributed by atoms with Crippen molar-refractivity contribution in [1.82, 2.24) is 10.2 Å². The highest BCUT2D eigenvalue weighted by Crippen LogP contribution is 2.71. The number of thioether (sulfide) groups is 1. The molecule has 2 unspecified atom stereocenters. The van der Waals surface area contributed by atoms with Gasteiger partial charge in [-0.15, -0.1) is 11.8 Å². The van der Waals surface area contributed by atoms with Crippen LogP contribution in [0.2, 0.25) is 0 Å². The molecule has 3 heterocycles. The summed E-state index contributed by atoms with van der Waals surface area (Å²) in [6, 6.07) is 5.18. The Bertz CT molecular complexity index is 917. The number of aliphatic hydroxyl groups is 1. The van der Waals surface area contributed by atoms with Crippen LogP contribution < -0.4 is 10.6 Å². The summed E-state index contributed by atoms with van der Waals surface area (Å²) < 4.78 is -0.986. The van der Waals surface area contributed by atoms with Gasteiger partial charge < -0.3 is 20.6 Å². The van der Waals surface area contributed by atoms with E-state index < -0.39 is 22.6 Å². The van der Waals surface area contributed by atoms with Crippen LogP contribution in [0.15, 0.2) is 18.2 Å². The van der Waals surface area contributed by atoms with E-state index >= 15 is 0 Å². The number of carbonyl (C=O) groups excluding carboxylic acids is 3. The number of benzene rings is 1. The van der Waals surface area contributed by atoms with Crippen LogP contribution in [0.25, 0.3) is 0 Å². The third kappa shape index (κ3) is 3.18. The van der Waals surface area contributed by atoms with Crippen LogP contribution in [0, 0.1) is 25.7 Å². The number of aryl methyl sites for hydroxylation is 2. The van der Waals surface area contributed by atoms with E-state index in [0.717, 1.165) is 29.7 Å². The van der Waals surface area contributed by atoms with E-state index in [4.69, 9.17) is 0 Å². The van der Waals surface area contributed by atoms with Crippen molar-refractivity contribution in [2.24, 2.45) is 11.8 Å². The fourth-order valence-electron chi connectivity index (χ4n) is 5.97. The summed E-state index contributed by atoms with van der Waals surface area (Å²) >= 11 is 1.65. The van der Waals surface area contributed by atoms with E-state index in [1.54, 1.807) is 23.7 Å². The van der Waals surface area contributed by atoms with Crippen LogP contribution in [0.5, 0.6) is 0 Å². The number of para-hydroxylation sites is 1. The molecule has 0 radical (unpaired) electrons. The Hall–Kier alpha value is -2.06. The molecule has 1 spiro atoms. The monoisotopic (exact) mass is 445 g/mol. The second-order valence-corrected chi connectivity index (χ2v) is 11.1. The number of hydrogen-bond donors (Lipinski definition) is 3. The standard InChI is InChI=1S/C23H31N3O4S/c1-13-7-5-8-14(2)17(13)25-20(29)18-23-10-9-22(3,31-23)15(19(28)24-4)16(23)21(30)26(18)11-6-12-27/h5,7-8,15-16,18,27H,6,9-12H2,1-4H3,(H,24,28)(H,25,29)/t15-,16-,18?,22+,23?/m0/s1. The third-order valence-corrected chi connectivity index (χ3v) is 9.33. The number of rotatable bonds is 6. The van der Waals surface area contributed by atoms with E-state index in [-0.39, 0.29) is 29.1 Å². The Labute approximate surface area is 187 Å². The zero-order valence-electron chi connectivity index (χ0n) is 18.5. The van der Waals surface area contributed by atoms with Crippen LogP contribution in [0.3, 0.4) is 0 Å². The lowest BCUT2D eigenvalue weighted by atomic mass is 9.66. The van der Waals surface area contributed by atoms with E-state index in [1.165, 1.54) is 0 Å². The zero-order valence-corrected chi connectivity index (χ0v) is 19.3. The zero-order chi connectivity index (χ0) is 22.6. The number of nitrogens with zero attached hydrogens (tertiary/aromatic N) is 1. The summed E-state index contributed by atoms with van der Waals surface area (Å²) in [6.07, 6.45) is 1.91. The molecule has 5 atom stereocenters. The number of nitrogens with one attached hydrogen (secondary N) is 2. The van der Waals surface area contributed by atoms with Crippen molar-refractivity contribution in [3.63, 3.8) is 0 Å². The minimum atomic E-state index is -0.669. The Kier molecular flexibility index (Phi) is 5.58. The molecule has 31 heavy (non-hydrogen) atoms. The number of aliphatic hydroxyl groups excluding tert-OH is 1. The molecule has 0 saturated carbocycles. The van der Waals surface area contributed by atoms with Gasteiger partial charge in [0.05, 0.1) is 16.6 Å². The van der Waals surface area contributed by atoms with Crippen LogP contribution in [0.1, 0.15) is 37.3 Å². The van der Waals surface area contributed by atoms with Gasteiger partial charge in [-0.25, -0.2) is 0 Å². The predicted octanol–water partition coefficient (Wildman–Crippen LogP) is 1.85. The summed E-state index contributed by atoms with van der Waals surface area (Å²) in [5.74, 6) is -1.46. The van der Waals surface area contributed by atoms with Gasteiger partial charge in [-0.05, 0) is 51.2 Å². The smallest absolute Gasteiger partial charge is 0.248 e. The van der Waals surface area contributed by atoms with Gasteiger partial charge in [0, 0.05) is 30.6 Å². The average Bonchev–Trinajstić information content (AvgIpc) is 3.29. The van der Waals surface area contributed by atoms with Crippen LogP contribution in [-0.2, 0) is 14.4 Å².